The Morgan fingerprint density at radius 3 is 2.64 bits per heavy atom. The van der Waals surface area contributed by atoms with E-state index in [1.807, 2.05) is 6.07 Å². The predicted octanol–water partition coefficient (Wildman–Crippen LogP) is 0.789. The standard InChI is InChI=1S/C10H12N2O2/c13-9-3-1-2-7(4-9)8-5-11-10(14)12-6-8/h1-4,8,13H,5-6H2,(H2,11,12,14). The van der Waals surface area contributed by atoms with E-state index >= 15 is 0 Å². The van der Waals surface area contributed by atoms with Gasteiger partial charge in [0.1, 0.15) is 5.75 Å². The minimum absolute atomic E-state index is 0.124. The Labute approximate surface area is 81.9 Å². The van der Waals surface area contributed by atoms with Crippen molar-refractivity contribution in [2.24, 2.45) is 0 Å². The number of phenolic OH excluding ortho intramolecular Hbond substituents is 1. The quantitative estimate of drug-likeness (QED) is 0.616. The molecule has 3 N–H and O–H groups in total. The molecule has 1 heterocycles. The zero-order chi connectivity index (χ0) is 9.97. The van der Waals surface area contributed by atoms with Gasteiger partial charge in [-0.05, 0) is 17.7 Å². The van der Waals surface area contributed by atoms with E-state index in [1.54, 1.807) is 18.2 Å². The van der Waals surface area contributed by atoms with Crippen molar-refractivity contribution >= 4 is 6.03 Å². The maximum atomic E-state index is 10.8. The number of urea groups is 1. The van der Waals surface area contributed by atoms with Crippen molar-refractivity contribution < 1.29 is 9.90 Å². The van der Waals surface area contributed by atoms with Gasteiger partial charge in [-0.15, -0.1) is 0 Å². The number of rotatable bonds is 1. The molecule has 74 valence electrons. The summed E-state index contributed by atoms with van der Waals surface area (Å²) in [4.78, 5) is 10.8. The number of hydrogen-bond acceptors (Lipinski definition) is 2. The van der Waals surface area contributed by atoms with E-state index in [1.165, 1.54) is 0 Å². The number of carbonyl (C=O) groups excluding carboxylic acids is 1. The van der Waals surface area contributed by atoms with Crippen LogP contribution in [0.5, 0.6) is 5.75 Å². The van der Waals surface area contributed by atoms with Crippen molar-refractivity contribution in [2.75, 3.05) is 13.1 Å². The second-order valence-electron chi connectivity index (χ2n) is 3.38. The molecule has 0 atom stereocenters. The Hall–Kier alpha value is -1.71. The number of aromatic hydroxyl groups is 1. The second-order valence-corrected chi connectivity index (χ2v) is 3.38. The van der Waals surface area contributed by atoms with Gasteiger partial charge in [-0.2, -0.15) is 0 Å². The topological polar surface area (TPSA) is 61.4 Å². The van der Waals surface area contributed by atoms with Crippen LogP contribution in [-0.4, -0.2) is 24.2 Å². The van der Waals surface area contributed by atoms with Crippen molar-refractivity contribution in [3.63, 3.8) is 0 Å². The monoisotopic (exact) mass is 192 g/mol. The van der Waals surface area contributed by atoms with Crippen LogP contribution in [0.2, 0.25) is 0 Å². The highest BCUT2D eigenvalue weighted by molar-refractivity contribution is 5.74. The molecule has 1 fully saturated rings. The highest BCUT2D eigenvalue weighted by Gasteiger charge is 2.18. The zero-order valence-electron chi connectivity index (χ0n) is 7.66. The van der Waals surface area contributed by atoms with Gasteiger partial charge >= 0.3 is 6.03 Å². The van der Waals surface area contributed by atoms with Crippen molar-refractivity contribution in [3.8, 4) is 5.75 Å². The first-order valence-corrected chi connectivity index (χ1v) is 4.56. The van der Waals surface area contributed by atoms with Crippen molar-refractivity contribution in [1.29, 1.82) is 0 Å². The Bertz CT molecular complexity index is 342. The van der Waals surface area contributed by atoms with Crippen LogP contribution in [0.1, 0.15) is 11.5 Å². The molecule has 2 amide bonds. The summed E-state index contributed by atoms with van der Waals surface area (Å²) in [6, 6.07) is 6.99. The lowest BCUT2D eigenvalue weighted by atomic mass is 9.98. The Morgan fingerprint density at radius 1 is 1.29 bits per heavy atom. The fourth-order valence-electron chi connectivity index (χ4n) is 1.58. The maximum absolute atomic E-state index is 10.8. The lowest BCUT2D eigenvalue weighted by molar-refractivity contribution is 0.234. The van der Waals surface area contributed by atoms with Gasteiger partial charge < -0.3 is 15.7 Å². The number of nitrogens with one attached hydrogen (secondary N) is 2. The first-order valence-electron chi connectivity index (χ1n) is 4.56. The molecular weight excluding hydrogens is 180 g/mol. The SMILES string of the molecule is O=C1NCC(c2cccc(O)c2)CN1. The van der Waals surface area contributed by atoms with E-state index in [0.717, 1.165) is 5.56 Å². The van der Waals surface area contributed by atoms with Gasteiger partial charge in [0.15, 0.2) is 0 Å². The summed E-state index contributed by atoms with van der Waals surface area (Å²) < 4.78 is 0. The predicted molar refractivity (Wildman–Crippen MR) is 52.2 cm³/mol. The van der Waals surface area contributed by atoms with Gasteiger partial charge in [0.25, 0.3) is 0 Å². The molecule has 1 aromatic rings. The van der Waals surface area contributed by atoms with Crippen LogP contribution in [0.25, 0.3) is 0 Å². The summed E-state index contributed by atoms with van der Waals surface area (Å²) >= 11 is 0. The summed E-state index contributed by atoms with van der Waals surface area (Å²) in [5.74, 6) is 0.499. The third-order valence-electron chi connectivity index (χ3n) is 2.36. The van der Waals surface area contributed by atoms with E-state index in [2.05, 4.69) is 10.6 Å². The zero-order valence-corrected chi connectivity index (χ0v) is 7.66. The molecule has 1 aliphatic heterocycles. The number of amides is 2. The van der Waals surface area contributed by atoms with Crippen LogP contribution < -0.4 is 10.6 Å². The molecule has 0 radical (unpaired) electrons. The lowest BCUT2D eigenvalue weighted by Crippen LogP contribution is -2.46. The third-order valence-corrected chi connectivity index (χ3v) is 2.36. The van der Waals surface area contributed by atoms with Crippen molar-refractivity contribution in [1.82, 2.24) is 10.6 Å². The summed E-state index contributed by atoms with van der Waals surface area (Å²) in [5, 5.41) is 14.7. The number of benzene rings is 1. The fourth-order valence-corrected chi connectivity index (χ4v) is 1.58. The Kier molecular flexibility index (Phi) is 2.26. The number of hydrogen-bond donors (Lipinski definition) is 3. The van der Waals surface area contributed by atoms with Gasteiger partial charge in [0.05, 0.1) is 0 Å². The smallest absolute Gasteiger partial charge is 0.314 e. The molecule has 4 heteroatoms. The highest BCUT2D eigenvalue weighted by Crippen LogP contribution is 2.20. The van der Waals surface area contributed by atoms with Gasteiger partial charge in [0, 0.05) is 19.0 Å². The van der Waals surface area contributed by atoms with Crippen LogP contribution in [0.4, 0.5) is 4.79 Å². The van der Waals surface area contributed by atoms with E-state index in [9.17, 15) is 9.90 Å². The van der Waals surface area contributed by atoms with E-state index in [0.29, 0.717) is 13.1 Å². The molecule has 0 spiro atoms. The molecule has 0 unspecified atom stereocenters. The number of phenols is 1. The lowest BCUT2D eigenvalue weighted by Gasteiger charge is -2.23. The maximum Gasteiger partial charge on any atom is 0.314 e. The first kappa shape index (κ1) is 8.87. The molecule has 0 saturated carbocycles. The molecule has 2 rings (SSSR count). The summed E-state index contributed by atoms with van der Waals surface area (Å²) in [6.07, 6.45) is 0. The van der Waals surface area contributed by atoms with Gasteiger partial charge in [0.2, 0.25) is 0 Å². The molecule has 1 aliphatic rings. The fraction of sp³-hybridized carbons (Fsp3) is 0.300. The Morgan fingerprint density at radius 2 is 2.00 bits per heavy atom. The normalized spacial score (nSPS) is 17.3. The van der Waals surface area contributed by atoms with Gasteiger partial charge in [-0.1, -0.05) is 12.1 Å². The molecule has 0 aromatic heterocycles. The summed E-state index contributed by atoms with van der Waals surface area (Å²) in [6.45, 7) is 1.24. The van der Waals surface area contributed by atoms with Crippen LogP contribution in [0.3, 0.4) is 0 Å². The van der Waals surface area contributed by atoms with Gasteiger partial charge in [-0.25, -0.2) is 4.79 Å². The molecule has 14 heavy (non-hydrogen) atoms. The molecule has 1 aromatic carbocycles. The average molecular weight is 192 g/mol. The van der Waals surface area contributed by atoms with Crippen molar-refractivity contribution in [2.45, 2.75) is 5.92 Å². The average Bonchev–Trinajstić information content (AvgIpc) is 2.19. The molecular formula is C10H12N2O2. The first-order chi connectivity index (χ1) is 6.75. The van der Waals surface area contributed by atoms with Crippen LogP contribution in [0.15, 0.2) is 24.3 Å². The van der Waals surface area contributed by atoms with E-state index < -0.39 is 0 Å². The minimum Gasteiger partial charge on any atom is -0.508 e. The highest BCUT2D eigenvalue weighted by atomic mass is 16.3. The molecule has 1 saturated heterocycles. The molecule has 0 aliphatic carbocycles. The largest absolute Gasteiger partial charge is 0.508 e. The van der Waals surface area contributed by atoms with Crippen LogP contribution >= 0.6 is 0 Å². The second kappa shape index (κ2) is 3.57. The van der Waals surface area contributed by atoms with Crippen LogP contribution in [-0.2, 0) is 0 Å². The Balaban J connectivity index is 2.12. The number of carbonyl (C=O) groups is 1. The summed E-state index contributed by atoms with van der Waals surface area (Å²) in [7, 11) is 0. The molecule has 4 nitrogen and oxygen atoms in total. The van der Waals surface area contributed by atoms with E-state index in [-0.39, 0.29) is 17.7 Å². The van der Waals surface area contributed by atoms with Crippen LogP contribution in [0, 0.1) is 0 Å². The van der Waals surface area contributed by atoms with Crippen molar-refractivity contribution in [3.05, 3.63) is 29.8 Å². The van der Waals surface area contributed by atoms with Gasteiger partial charge in [-0.3, -0.25) is 0 Å². The summed E-state index contributed by atoms with van der Waals surface area (Å²) in [5.41, 5.74) is 1.04. The van der Waals surface area contributed by atoms with E-state index in [4.69, 9.17) is 0 Å². The molecule has 0 bridgehead atoms. The third kappa shape index (κ3) is 1.79. The minimum atomic E-state index is -0.124.